The molecule has 4 nitrogen and oxygen atoms in total. The molecule has 0 aromatic heterocycles. The third-order valence-electron chi connectivity index (χ3n) is 3.92. The van der Waals surface area contributed by atoms with Gasteiger partial charge in [-0.3, -0.25) is 9.36 Å². The third-order valence-corrected chi connectivity index (χ3v) is 4.42. The molecule has 5 heteroatoms. The van der Waals surface area contributed by atoms with E-state index in [-0.39, 0.29) is 5.78 Å². The van der Waals surface area contributed by atoms with Gasteiger partial charge in [-0.15, -0.1) is 0 Å². The van der Waals surface area contributed by atoms with E-state index in [1.54, 1.807) is 12.1 Å². The van der Waals surface area contributed by atoms with Crippen LogP contribution < -0.4 is 0 Å². The predicted octanol–water partition coefficient (Wildman–Crippen LogP) is 5.48. The second kappa shape index (κ2) is 12.5. The van der Waals surface area contributed by atoms with Crippen LogP contribution in [-0.4, -0.2) is 26.2 Å². The summed E-state index contributed by atoms with van der Waals surface area (Å²) in [6, 6.07) is 18.2. The minimum Gasteiger partial charge on any atom is -0.343 e. The Balaban J connectivity index is 0.000000412. The van der Waals surface area contributed by atoms with E-state index in [0.717, 1.165) is 12.6 Å². The van der Waals surface area contributed by atoms with Crippen molar-refractivity contribution in [2.45, 2.75) is 32.0 Å². The highest BCUT2D eigenvalue weighted by atomic mass is 31.1. The van der Waals surface area contributed by atoms with Gasteiger partial charge in [-0.25, -0.2) is 0 Å². The third kappa shape index (κ3) is 6.14. The first kappa shape index (κ1) is 22.2. The normalized spacial score (nSPS) is 10.9. The summed E-state index contributed by atoms with van der Waals surface area (Å²) in [7, 11) is 3.24. The van der Waals surface area contributed by atoms with Crippen molar-refractivity contribution in [2.75, 3.05) is 20.4 Å². The molecule has 0 spiro atoms. The van der Waals surface area contributed by atoms with Gasteiger partial charge in [-0.2, -0.15) is 0 Å². The van der Waals surface area contributed by atoms with Gasteiger partial charge in [0.25, 0.3) is 5.79 Å². The lowest BCUT2D eigenvalue weighted by Crippen LogP contribution is -2.39. The van der Waals surface area contributed by atoms with Crippen molar-refractivity contribution >= 4 is 14.2 Å². The maximum atomic E-state index is 12.7. The number of unbranched alkanes of at least 4 members (excludes halogenated alkanes) is 2. The highest BCUT2D eigenvalue weighted by Crippen LogP contribution is 2.30. The zero-order valence-electron chi connectivity index (χ0n) is 15.7. The van der Waals surface area contributed by atoms with E-state index in [0.29, 0.717) is 19.6 Å². The minimum atomic E-state index is -1.40. The van der Waals surface area contributed by atoms with Crippen LogP contribution in [0.15, 0.2) is 60.7 Å². The van der Waals surface area contributed by atoms with Gasteiger partial charge in [-0.05, 0) is 6.42 Å². The van der Waals surface area contributed by atoms with Gasteiger partial charge in [0.2, 0.25) is 5.78 Å². The molecule has 2 aromatic carbocycles. The highest BCUT2D eigenvalue weighted by molar-refractivity contribution is 7.23. The van der Waals surface area contributed by atoms with Gasteiger partial charge in [0, 0.05) is 31.5 Å². The summed E-state index contributed by atoms with van der Waals surface area (Å²) in [5, 5.41) is 0. The van der Waals surface area contributed by atoms with Crippen LogP contribution in [0.4, 0.5) is 0 Å². The SMILES string of the molecule is CCCCCP=O.COC(OC)(C(=O)c1ccccc1)c1ccccc1. The molecule has 2 aromatic rings. The second-order valence-corrected chi connectivity index (χ2v) is 6.35. The zero-order valence-corrected chi connectivity index (χ0v) is 16.6. The smallest absolute Gasteiger partial charge is 0.260 e. The molecule has 0 bridgehead atoms. The summed E-state index contributed by atoms with van der Waals surface area (Å²) in [5.74, 6) is -1.62. The molecule has 0 fully saturated rings. The van der Waals surface area contributed by atoms with E-state index in [1.165, 1.54) is 27.1 Å². The van der Waals surface area contributed by atoms with Crippen molar-refractivity contribution in [3.63, 3.8) is 0 Å². The topological polar surface area (TPSA) is 52.6 Å². The van der Waals surface area contributed by atoms with E-state index in [1.807, 2.05) is 48.5 Å². The van der Waals surface area contributed by atoms with Gasteiger partial charge >= 0.3 is 0 Å². The first-order valence-corrected chi connectivity index (χ1v) is 9.70. The number of methoxy groups -OCH3 is 2. The molecule has 26 heavy (non-hydrogen) atoms. The van der Waals surface area contributed by atoms with Crippen LogP contribution in [0.1, 0.15) is 42.1 Å². The fourth-order valence-electron chi connectivity index (χ4n) is 2.50. The molecule has 0 atom stereocenters. The molecular formula is C21H27O4P. The average molecular weight is 374 g/mol. The molecule has 0 saturated carbocycles. The average Bonchev–Trinajstić information content (AvgIpc) is 2.72. The molecule has 0 unspecified atom stereocenters. The molecule has 0 N–H and O–H groups in total. The van der Waals surface area contributed by atoms with Crippen molar-refractivity contribution in [1.82, 2.24) is 0 Å². The molecule has 2 rings (SSSR count). The number of benzene rings is 2. The summed E-state index contributed by atoms with van der Waals surface area (Å²) in [6.45, 7) is 2.14. The molecular weight excluding hydrogens is 347 g/mol. The number of hydrogen-bond acceptors (Lipinski definition) is 4. The molecule has 0 aliphatic heterocycles. The summed E-state index contributed by atoms with van der Waals surface area (Å²) in [6.07, 6.45) is 4.39. The van der Waals surface area contributed by atoms with E-state index in [9.17, 15) is 9.36 Å². The lowest BCUT2D eigenvalue weighted by molar-refractivity contribution is -0.176. The Labute approximate surface area is 157 Å². The van der Waals surface area contributed by atoms with Crippen LogP contribution in [0.25, 0.3) is 0 Å². The summed E-state index contributed by atoms with van der Waals surface area (Å²) < 4.78 is 20.6. The quantitative estimate of drug-likeness (QED) is 0.252. The minimum absolute atomic E-state index is 0.218. The van der Waals surface area contributed by atoms with E-state index in [4.69, 9.17) is 9.47 Å². The Morgan fingerprint density at radius 2 is 1.46 bits per heavy atom. The van der Waals surface area contributed by atoms with Crippen molar-refractivity contribution < 1.29 is 18.8 Å². The molecule has 0 heterocycles. The fraction of sp³-hybridized carbons (Fsp3) is 0.381. The molecule has 0 aliphatic rings. The number of carbonyl (C=O) groups is 1. The van der Waals surface area contributed by atoms with Crippen molar-refractivity contribution in [3.8, 4) is 0 Å². The van der Waals surface area contributed by atoms with Gasteiger partial charge in [-0.1, -0.05) is 80.4 Å². The fourth-order valence-corrected chi connectivity index (χ4v) is 2.85. The van der Waals surface area contributed by atoms with E-state index < -0.39 is 5.79 Å². The van der Waals surface area contributed by atoms with Gasteiger partial charge < -0.3 is 9.47 Å². The summed E-state index contributed by atoms with van der Waals surface area (Å²) in [5.41, 5.74) is 1.23. The van der Waals surface area contributed by atoms with Gasteiger partial charge in [0.05, 0.1) is 0 Å². The second-order valence-electron chi connectivity index (χ2n) is 5.65. The standard InChI is InChI=1S/C16H16O3.C5H11OP/c1-18-16(19-2,14-11-7-4-8-12-14)15(17)13-9-5-3-6-10-13;1-2-3-4-5-7-6/h3-12H,1-2H3;2-5H2,1H3. The van der Waals surface area contributed by atoms with Crippen LogP contribution >= 0.6 is 8.46 Å². The number of rotatable bonds is 9. The monoisotopic (exact) mass is 374 g/mol. The molecule has 0 saturated heterocycles. The maximum absolute atomic E-state index is 12.7. The van der Waals surface area contributed by atoms with E-state index in [2.05, 4.69) is 6.92 Å². The number of ether oxygens (including phenoxy) is 2. The number of ketones is 1. The first-order chi connectivity index (χ1) is 12.7. The largest absolute Gasteiger partial charge is 0.343 e. The Kier molecular flexibility index (Phi) is 10.6. The first-order valence-electron chi connectivity index (χ1n) is 8.71. The molecule has 0 aliphatic carbocycles. The Morgan fingerprint density at radius 1 is 0.923 bits per heavy atom. The predicted molar refractivity (Wildman–Crippen MR) is 105 cm³/mol. The van der Waals surface area contributed by atoms with Crippen LogP contribution in [0.3, 0.4) is 0 Å². The maximum Gasteiger partial charge on any atom is 0.260 e. The van der Waals surface area contributed by atoms with Crippen LogP contribution in [0.2, 0.25) is 0 Å². The summed E-state index contributed by atoms with van der Waals surface area (Å²) in [4.78, 5) is 12.7. The van der Waals surface area contributed by atoms with Crippen molar-refractivity contribution in [3.05, 3.63) is 71.8 Å². The zero-order chi connectivity index (χ0) is 19.3. The Morgan fingerprint density at radius 3 is 1.92 bits per heavy atom. The lowest BCUT2D eigenvalue weighted by atomic mass is 9.96. The Hall–Kier alpha value is -1.87. The molecule has 140 valence electrons. The highest BCUT2D eigenvalue weighted by Gasteiger charge is 2.41. The molecule has 0 amide bonds. The van der Waals surface area contributed by atoms with Gasteiger partial charge in [0.15, 0.2) is 8.46 Å². The van der Waals surface area contributed by atoms with Crippen LogP contribution in [-0.2, 0) is 19.8 Å². The van der Waals surface area contributed by atoms with Gasteiger partial charge in [0.1, 0.15) is 0 Å². The van der Waals surface area contributed by atoms with Crippen molar-refractivity contribution in [2.24, 2.45) is 0 Å². The van der Waals surface area contributed by atoms with Crippen LogP contribution in [0.5, 0.6) is 0 Å². The number of carbonyl (C=O) groups excluding carboxylic acids is 1. The van der Waals surface area contributed by atoms with E-state index >= 15 is 0 Å². The molecule has 0 radical (unpaired) electrons. The number of Topliss-reactive ketones (excluding diaryl/α,β-unsaturated/α-hetero) is 1. The van der Waals surface area contributed by atoms with Crippen molar-refractivity contribution in [1.29, 1.82) is 0 Å². The number of hydrogen-bond donors (Lipinski definition) is 0. The lowest BCUT2D eigenvalue weighted by Gasteiger charge is -2.29. The van der Waals surface area contributed by atoms with Crippen LogP contribution in [0, 0.1) is 0 Å². The summed E-state index contributed by atoms with van der Waals surface area (Å²) >= 11 is 0. The Bertz CT molecular complexity index is 640.